The monoisotopic (exact) mass is 389 g/mol. The molecule has 1 heterocycles. The Labute approximate surface area is 151 Å². The van der Waals surface area contributed by atoms with Crippen molar-refractivity contribution in [3.63, 3.8) is 0 Å². The van der Waals surface area contributed by atoms with E-state index in [0.29, 0.717) is 11.3 Å². The third-order valence-electron chi connectivity index (χ3n) is 2.79. The Hall–Kier alpha value is -1.85. The average molecular weight is 390 g/mol. The van der Waals surface area contributed by atoms with Gasteiger partial charge in [-0.3, -0.25) is 4.55 Å². The van der Waals surface area contributed by atoms with Crippen LogP contribution in [0.1, 0.15) is 12.5 Å². The van der Waals surface area contributed by atoms with Crippen molar-refractivity contribution in [1.82, 2.24) is 20.3 Å². The van der Waals surface area contributed by atoms with Crippen LogP contribution in [0, 0.1) is 6.92 Å². The highest BCUT2D eigenvalue weighted by Gasteiger charge is 2.13. The van der Waals surface area contributed by atoms with Crippen LogP contribution in [0.3, 0.4) is 0 Å². The average Bonchev–Trinajstić information content (AvgIpc) is 2.52. The molecule has 0 fully saturated rings. The molecule has 0 saturated carbocycles. The van der Waals surface area contributed by atoms with Gasteiger partial charge in [-0.15, -0.1) is 0 Å². The molecule has 1 aromatic heterocycles. The summed E-state index contributed by atoms with van der Waals surface area (Å²) in [5.74, 6) is 0.235. The van der Waals surface area contributed by atoms with Crippen LogP contribution in [0.15, 0.2) is 29.4 Å². The van der Waals surface area contributed by atoms with Crippen molar-refractivity contribution >= 4 is 33.4 Å². The molecule has 0 aliphatic heterocycles. The van der Waals surface area contributed by atoms with E-state index in [0.717, 1.165) is 13.1 Å². The number of hydrogen-bond acceptors (Lipinski definition) is 8. The summed E-state index contributed by atoms with van der Waals surface area (Å²) in [6.45, 7) is 5.48. The van der Waals surface area contributed by atoms with Gasteiger partial charge in [-0.1, -0.05) is 6.92 Å². The van der Waals surface area contributed by atoms with Gasteiger partial charge in [-0.05, 0) is 48.8 Å². The van der Waals surface area contributed by atoms with Crippen LogP contribution in [-0.4, -0.2) is 52.7 Å². The lowest BCUT2D eigenvalue weighted by Gasteiger charge is -2.07. The van der Waals surface area contributed by atoms with Crippen molar-refractivity contribution < 1.29 is 18.1 Å². The van der Waals surface area contributed by atoms with E-state index in [1.807, 2.05) is 6.92 Å². The molecule has 138 valence electrons. The van der Waals surface area contributed by atoms with E-state index in [-0.39, 0.29) is 22.7 Å². The minimum atomic E-state index is -4.22. The summed E-state index contributed by atoms with van der Waals surface area (Å²) in [6, 6.07) is 4.31. The van der Waals surface area contributed by atoms with Crippen LogP contribution in [-0.2, 0) is 10.1 Å². The lowest BCUT2D eigenvalue weighted by molar-refractivity contribution is 0.293. The predicted molar refractivity (Wildman–Crippen MR) is 94.7 cm³/mol. The Kier molecular flexibility index (Phi) is 8.66. The zero-order valence-corrected chi connectivity index (χ0v) is 15.3. The van der Waals surface area contributed by atoms with Gasteiger partial charge in [0.2, 0.25) is 11.2 Å². The smallest absolute Gasteiger partial charge is 0.294 e. The maximum absolute atomic E-state index is 11.1. The van der Waals surface area contributed by atoms with E-state index in [1.54, 1.807) is 13.0 Å². The van der Waals surface area contributed by atoms with Crippen LogP contribution in [0.25, 0.3) is 0 Å². The van der Waals surface area contributed by atoms with Crippen LogP contribution in [0.5, 0.6) is 0 Å². The number of anilines is 2. The highest BCUT2D eigenvalue weighted by Crippen LogP contribution is 2.21. The number of nitrogens with one attached hydrogen (secondary N) is 2. The quantitative estimate of drug-likeness (QED) is 0.426. The minimum absolute atomic E-state index is 0.0452. The van der Waals surface area contributed by atoms with Crippen LogP contribution >= 0.6 is 11.6 Å². The van der Waals surface area contributed by atoms with E-state index < -0.39 is 10.1 Å². The molecule has 4 N–H and O–H groups in total. The molecule has 0 amide bonds. The Balaban J connectivity index is 0.000000450. The Morgan fingerprint density at radius 2 is 2.00 bits per heavy atom. The number of aromatic nitrogens is 3. The topological polar surface area (TPSA) is 137 Å². The molecule has 2 rings (SSSR count). The number of aryl methyl sites for hydroxylation is 1. The third kappa shape index (κ3) is 7.71. The second-order valence-corrected chi connectivity index (χ2v) is 6.46. The van der Waals surface area contributed by atoms with Gasteiger partial charge < -0.3 is 15.7 Å². The van der Waals surface area contributed by atoms with Crippen molar-refractivity contribution in [3.8, 4) is 0 Å². The molecule has 11 heteroatoms. The number of nitrogens with zero attached hydrogens (tertiary/aromatic N) is 3. The van der Waals surface area contributed by atoms with Gasteiger partial charge in [-0.25, -0.2) is 9.97 Å². The summed E-state index contributed by atoms with van der Waals surface area (Å²) >= 11 is 5.61. The molecule has 9 nitrogen and oxygen atoms in total. The highest BCUT2D eigenvalue weighted by atomic mass is 35.5. The molecule has 2 aromatic rings. The summed E-state index contributed by atoms with van der Waals surface area (Å²) in [7, 11) is -4.22. The first-order chi connectivity index (χ1) is 11.8. The number of likely N-dealkylation sites (N-methyl/N-ethyl adjacent to an activating group) is 1. The summed E-state index contributed by atoms with van der Waals surface area (Å²) in [5.41, 5.74) is 0.958. The van der Waals surface area contributed by atoms with Crippen LogP contribution in [0.2, 0.25) is 5.28 Å². The van der Waals surface area contributed by atoms with Gasteiger partial charge in [0, 0.05) is 12.2 Å². The molecule has 0 spiro atoms. The van der Waals surface area contributed by atoms with E-state index in [1.165, 1.54) is 18.5 Å². The molecule has 0 bridgehead atoms. The Morgan fingerprint density at radius 1 is 1.28 bits per heavy atom. The predicted octanol–water partition coefficient (Wildman–Crippen LogP) is 1.41. The summed E-state index contributed by atoms with van der Waals surface area (Å²) in [6.07, 6.45) is 1.25. The first kappa shape index (κ1) is 21.2. The molecule has 0 atom stereocenters. The number of aliphatic hydroxyl groups excluding tert-OH is 1. The van der Waals surface area contributed by atoms with Gasteiger partial charge in [0.25, 0.3) is 10.1 Å². The SMILES string of the molecule is CCNCCO.Cc1cc(Nc2ncnc(Cl)n2)ccc1S(=O)(=O)O. The Morgan fingerprint density at radius 3 is 2.48 bits per heavy atom. The maximum Gasteiger partial charge on any atom is 0.294 e. The van der Waals surface area contributed by atoms with E-state index in [4.69, 9.17) is 21.3 Å². The molecule has 0 radical (unpaired) electrons. The fourth-order valence-corrected chi connectivity index (χ4v) is 2.57. The third-order valence-corrected chi connectivity index (χ3v) is 3.99. The molecule has 0 aliphatic rings. The summed E-state index contributed by atoms with van der Waals surface area (Å²) < 4.78 is 31.1. The first-order valence-corrected chi connectivity index (χ1v) is 9.11. The van der Waals surface area contributed by atoms with Gasteiger partial charge in [0.05, 0.1) is 11.5 Å². The van der Waals surface area contributed by atoms with Gasteiger partial charge in [-0.2, -0.15) is 13.4 Å². The summed E-state index contributed by atoms with van der Waals surface area (Å²) in [5, 5.41) is 14.0. The number of hydrogen-bond donors (Lipinski definition) is 4. The van der Waals surface area contributed by atoms with Crippen molar-refractivity contribution in [2.24, 2.45) is 0 Å². The van der Waals surface area contributed by atoms with Gasteiger partial charge in [0.15, 0.2) is 0 Å². The van der Waals surface area contributed by atoms with Gasteiger partial charge >= 0.3 is 0 Å². The van der Waals surface area contributed by atoms with E-state index in [9.17, 15) is 8.42 Å². The highest BCUT2D eigenvalue weighted by molar-refractivity contribution is 7.85. The summed E-state index contributed by atoms with van der Waals surface area (Å²) in [4.78, 5) is 11.2. The largest absolute Gasteiger partial charge is 0.395 e. The molecular weight excluding hydrogens is 370 g/mol. The zero-order chi connectivity index (χ0) is 18.9. The normalized spacial score (nSPS) is 10.8. The molecule has 0 unspecified atom stereocenters. The fraction of sp³-hybridized carbons (Fsp3) is 0.357. The standard InChI is InChI=1S/C10H9ClN4O3S.C4H11NO/c1-6-4-7(2-3-8(6)19(16,17)18)14-10-13-5-12-9(11)15-10;1-2-5-3-4-6/h2-5H,1H3,(H,16,17,18)(H,12,13,14,15);5-6H,2-4H2,1H3. The maximum atomic E-state index is 11.1. The lowest BCUT2D eigenvalue weighted by Crippen LogP contribution is -2.16. The number of rotatable bonds is 6. The second kappa shape index (κ2) is 10.2. The molecule has 1 aromatic carbocycles. The molecule has 0 aliphatic carbocycles. The van der Waals surface area contributed by atoms with Crippen molar-refractivity contribution in [3.05, 3.63) is 35.4 Å². The van der Waals surface area contributed by atoms with E-state index in [2.05, 4.69) is 25.6 Å². The molecular formula is C14H20ClN5O4S. The number of aliphatic hydroxyl groups is 1. The van der Waals surface area contributed by atoms with Crippen molar-refractivity contribution in [2.75, 3.05) is 25.0 Å². The second-order valence-electron chi connectivity index (χ2n) is 4.74. The lowest BCUT2D eigenvalue weighted by atomic mass is 10.2. The number of benzene rings is 1. The number of halogens is 1. The Bertz CT molecular complexity index is 785. The molecule has 25 heavy (non-hydrogen) atoms. The minimum Gasteiger partial charge on any atom is -0.395 e. The van der Waals surface area contributed by atoms with E-state index >= 15 is 0 Å². The first-order valence-electron chi connectivity index (χ1n) is 7.29. The fourth-order valence-electron chi connectivity index (χ4n) is 1.74. The van der Waals surface area contributed by atoms with Crippen molar-refractivity contribution in [1.29, 1.82) is 0 Å². The molecule has 0 saturated heterocycles. The zero-order valence-electron chi connectivity index (χ0n) is 13.8. The van der Waals surface area contributed by atoms with Crippen LogP contribution < -0.4 is 10.6 Å². The van der Waals surface area contributed by atoms with Crippen LogP contribution in [0.4, 0.5) is 11.6 Å². The van der Waals surface area contributed by atoms with Crippen molar-refractivity contribution in [2.45, 2.75) is 18.7 Å². The van der Waals surface area contributed by atoms with Gasteiger partial charge in [0.1, 0.15) is 6.33 Å².